The summed E-state index contributed by atoms with van der Waals surface area (Å²) in [6.45, 7) is 2.55. The van der Waals surface area contributed by atoms with Crippen LogP contribution in [0, 0.1) is 0 Å². The SMILES string of the molecule is CN1CCN(C)C(C(NN)c2cccc(C(F)(F)F)c2)C1. The highest BCUT2D eigenvalue weighted by Gasteiger charge is 2.34. The second-order valence-corrected chi connectivity index (χ2v) is 5.58. The first-order valence-electron chi connectivity index (χ1n) is 6.85. The summed E-state index contributed by atoms with van der Waals surface area (Å²) in [5, 5.41) is 0. The van der Waals surface area contributed by atoms with E-state index in [-0.39, 0.29) is 12.1 Å². The van der Waals surface area contributed by atoms with Gasteiger partial charge >= 0.3 is 6.18 Å². The molecule has 21 heavy (non-hydrogen) atoms. The van der Waals surface area contributed by atoms with Crippen LogP contribution in [0.3, 0.4) is 0 Å². The van der Waals surface area contributed by atoms with Gasteiger partial charge in [0.1, 0.15) is 0 Å². The molecule has 0 amide bonds. The molecule has 0 aliphatic carbocycles. The van der Waals surface area contributed by atoms with Gasteiger partial charge in [0.15, 0.2) is 0 Å². The van der Waals surface area contributed by atoms with Crippen LogP contribution in [0.5, 0.6) is 0 Å². The van der Waals surface area contributed by atoms with Crippen molar-refractivity contribution in [1.29, 1.82) is 0 Å². The second-order valence-electron chi connectivity index (χ2n) is 5.58. The molecule has 0 bridgehead atoms. The zero-order valence-corrected chi connectivity index (χ0v) is 12.2. The Labute approximate surface area is 122 Å². The topological polar surface area (TPSA) is 44.5 Å². The van der Waals surface area contributed by atoms with Crippen LogP contribution in [0.1, 0.15) is 17.2 Å². The first-order chi connectivity index (χ1) is 9.82. The molecule has 3 N–H and O–H groups in total. The van der Waals surface area contributed by atoms with Gasteiger partial charge in [-0.2, -0.15) is 13.2 Å². The highest BCUT2D eigenvalue weighted by molar-refractivity contribution is 5.29. The van der Waals surface area contributed by atoms with E-state index < -0.39 is 11.7 Å². The van der Waals surface area contributed by atoms with Crippen molar-refractivity contribution in [2.75, 3.05) is 33.7 Å². The molecule has 1 heterocycles. The van der Waals surface area contributed by atoms with Crippen molar-refractivity contribution in [3.8, 4) is 0 Å². The zero-order valence-electron chi connectivity index (χ0n) is 12.2. The lowest BCUT2D eigenvalue weighted by atomic mass is 9.95. The number of nitrogens with two attached hydrogens (primary N) is 1. The quantitative estimate of drug-likeness (QED) is 0.655. The van der Waals surface area contributed by atoms with Gasteiger partial charge in [-0.25, -0.2) is 0 Å². The molecule has 0 radical (unpaired) electrons. The summed E-state index contributed by atoms with van der Waals surface area (Å²) in [7, 11) is 3.97. The first-order valence-corrected chi connectivity index (χ1v) is 6.85. The van der Waals surface area contributed by atoms with E-state index in [0.717, 1.165) is 25.7 Å². The van der Waals surface area contributed by atoms with Gasteiger partial charge < -0.3 is 4.90 Å². The molecule has 4 nitrogen and oxygen atoms in total. The summed E-state index contributed by atoms with van der Waals surface area (Å²) in [5.74, 6) is 5.63. The molecule has 0 saturated carbocycles. The Morgan fingerprint density at radius 3 is 2.62 bits per heavy atom. The largest absolute Gasteiger partial charge is 0.416 e. The Hall–Kier alpha value is -1.15. The van der Waals surface area contributed by atoms with Crippen LogP contribution in [-0.4, -0.2) is 49.6 Å². The third kappa shape index (κ3) is 3.74. The normalized spacial score (nSPS) is 23.2. The number of nitrogens with zero attached hydrogens (tertiary/aromatic N) is 2. The Kier molecular flexibility index (Phi) is 4.88. The van der Waals surface area contributed by atoms with Crippen molar-refractivity contribution in [3.63, 3.8) is 0 Å². The van der Waals surface area contributed by atoms with Gasteiger partial charge in [-0.1, -0.05) is 12.1 Å². The van der Waals surface area contributed by atoms with Gasteiger partial charge in [0.05, 0.1) is 11.6 Å². The van der Waals surface area contributed by atoms with E-state index in [4.69, 9.17) is 5.84 Å². The fourth-order valence-electron chi connectivity index (χ4n) is 2.74. The Morgan fingerprint density at radius 2 is 2.00 bits per heavy atom. The molecule has 1 aromatic carbocycles. The van der Waals surface area contributed by atoms with Gasteiger partial charge in [-0.15, -0.1) is 0 Å². The lowest BCUT2D eigenvalue weighted by Gasteiger charge is -2.41. The number of hydrazine groups is 1. The van der Waals surface area contributed by atoms with E-state index in [1.165, 1.54) is 12.1 Å². The summed E-state index contributed by atoms with van der Waals surface area (Å²) >= 11 is 0. The monoisotopic (exact) mass is 302 g/mol. The fraction of sp³-hybridized carbons (Fsp3) is 0.571. The number of rotatable bonds is 3. The molecular formula is C14H21F3N4. The molecule has 0 spiro atoms. The average Bonchev–Trinajstić information content (AvgIpc) is 2.43. The maximum atomic E-state index is 12.8. The number of hydrogen-bond donors (Lipinski definition) is 2. The molecule has 1 aromatic rings. The maximum absolute atomic E-state index is 12.8. The Morgan fingerprint density at radius 1 is 1.29 bits per heavy atom. The van der Waals surface area contributed by atoms with Crippen LogP contribution >= 0.6 is 0 Å². The minimum atomic E-state index is -4.34. The van der Waals surface area contributed by atoms with E-state index in [0.29, 0.717) is 5.56 Å². The molecule has 0 aromatic heterocycles. The van der Waals surface area contributed by atoms with E-state index >= 15 is 0 Å². The molecule has 118 valence electrons. The number of alkyl halides is 3. The van der Waals surface area contributed by atoms with Crippen molar-refractivity contribution < 1.29 is 13.2 Å². The van der Waals surface area contributed by atoms with Gasteiger partial charge in [-0.05, 0) is 31.8 Å². The Balaban J connectivity index is 2.28. The van der Waals surface area contributed by atoms with E-state index in [2.05, 4.69) is 15.2 Å². The zero-order chi connectivity index (χ0) is 15.6. The average molecular weight is 302 g/mol. The molecule has 2 rings (SSSR count). The molecule has 7 heteroatoms. The summed E-state index contributed by atoms with van der Waals surface area (Å²) in [6.07, 6.45) is -4.34. The first kappa shape index (κ1) is 16.2. The van der Waals surface area contributed by atoms with Crippen LogP contribution in [-0.2, 0) is 6.18 Å². The number of halogens is 3. The molecule has 1 saturated heterocycles. The lowest BCUT2D eigenvalue weighted by molar-refractivity contribution is -0.137. The molecule has 2 atom stereocenters. The number of nitrogens with one attached hydrogen (secondary N) is 1. The molecule has 1 fully saturated rings. The second kappa shape index (κ2) is 6.31. The van der Waals surface area contributed by atoms with Crippen molar-refractivity contribution in [1.82, 2.24) is 15.2 Å². The van der Waals surface area contributed by atoms with Gasteiger partial charge in [0, 0.05) is 25.7 Å². The van der Waals surface area contributed by atoms with Crippen molar-refractivity contribution in [3.05, 3.63) is 35.4 Å². The molecular weight excluding hydrogens is 281 g/mol. The molecule has 1 aliphatic heterocycles. The molecule has 1 aliphatic rings. The van der Waals surface area contributed by atoms with Crippen LogP contribution in [0.4, 0.5) is 13.2 Å². The number of piperazine rings is 1. The highest BCUT2D eigenvalue weighted by atomic mass is 19.4. The summed E-state index contributed by atoms with van der Waals surface area (Å²) in [6, 6.07) is 5.04. The standard InChI is InChI=1S/C14H21F3N4/c1-20-6-7-21(2)12(9-20)13(19-18)10-4-3-5-11(8-10)14(15,16)17/h3-5,8,12-13,19H,6-7,9,18H2,1-2H3. The third-order valence-electron chi connectivity index (χ3n) is 4.04. The summed E-state index contributed by atoms with van der Waals surface area (Å²) < 4.78 is 38.5. The summed E-state index contributed by atoms with van der Waals surface area (Å²) in [5.41, 5.74) is 2.59. The highest BCUT2D eigenvalue weighted by Crippen LogP contribution is 2.32. The fourth-order valence-corrected chi connectivity index (χ4v) is 2.74. The van der Waals surface area contributed by atoms with Crippen molar-refractivity contribution >= 4 is 0 Å². The van der Waals surface area contributed by atoms with Crippen LogP contribution in [0.2, 0.25) is 0 Å². The summed E-state index contributed by atoms with van der Waals surface area (Å²) in [4.78, 5) is 4.29. The minimum Gasteiger partial charge on any atom is -0.303 e. The van der Waals surface area contributed by atoms with Crippen molar-refractivity contribution in [2.45, 2.75) is 18.3 Å². The number of likely N-dealkylation sites (N-methyl/N-ethyl adjacent to an activating group) is 2. The van der Waals surface area contributed by atoms with Gasteiger partial charge in [0.25, 0.3) is 0 Å². The number of hydrogen-bond acceptors (Lipinski definition) is 4. The van der Waals surface area contributed by atoms with Gasteiger partial charge in [-0.3, -0.25) is 16.2 Å². The molecule has 2 unspecified atom stereocenters. The smallest absolute Gasteiger partial charge is 0.303 e. The van der Waals surface area contributed by atoms with Crippen LogP contribution < -0.4 is 11.3 Å². The lowest BCUT2D eigenvalue weighted by Crippen LogP contribution is -2.56. The number of benzene rings is 1. The van der Waals surface area contributed by atoms with Gasteiger partial charge in [0.2, 0.25) is 0 Å². The van der Waals surface area contributed by atoms with E-state index in [9.17, 15) is 13.2 Å². The maximum Gasteiger partial charge on any atom is 0.416 e. The van der Waals surface area contributed by atoms with Crippen molar-refractivity contribution in [2.24, 2.45) is 5.84 Å². The van der Waals surface area contributed by atoms with E-state index in [1.54, 1.807) is 6.07 Å². The predicted molar refractivity (Wildman–Crippen MR) is 75.4 cm³/mol. The third-order valence-corrected chi connectivity index (χ3v) is 4.04. The van der Waals surface area contributed by atoms with Crippen LogP contribution in [0.15, 0.2) is 24.3 Å². The minimum absolute atomic E-state index is 0.0252. The van der Waals surface area contributed by atoms with E-state index in [1.807, 2.05) is 14.1 Å². The Bertz CT molecular complexity index is 478. The van der Waals surface area contributed by atoms with Crippen LogP contribution in [0.25, 0.3) is 0 Å². The predicted octanol–water partition coefficient (Wildman–Crippen LogP) is 1.46.